The summed E-state index contributed by atoms with van der Waals surface area (Å²) in [6.07, 6.45) is 8.76. The highest BCUT2D eigenvalue weighted by molar-refractivity contribution is 5.81. The minimum Gasteiger partial charge on any atom is -0.316 e. The molecule has 0 spiro atoms. The monoisotopic (exact) mass is 324 g/mol. The molecule has 0 bridgehead atoms. The van der Waals surface area contributed by atoms with E-state index >= 15 is 0 Å². The number of hydrogen-bond donors (Lipinski definition) is 1. The molecule has 1 aromatic carbocycles. The largest absolute Gasteiger partial charge is 0.316 e. The molecule has 1 saturated heterocycles. The maximum atomic E-state index is 13.6. The number of benzene rings is 1. The zero-order valence-electron chi connectivity index (χ0n) is 13.8. The molecule has 4 rings (SSSR count). The summed E-state index contributed by atoms with van der Waals surface area (Å²) < 4.78 is 15.7. The number of hydrogen-bond acceptors (Lipinski definition) is 3. The van der Waals surface area contributed by atoms with Crippen molar-refractivity contribution in [2.24, 2.45) is 0 Å². The van der Waals surface area contributed by atoms with Crippen LogP contribution in [0.2, 0.25) is 0 Å². The first kappa shape index (κ1) is 15.3. The fourth-order valence-electron chi connectivity index (χ4n) is 3.68. The molecule has 3 aromatic rings. The molecule has 0 saturated carbocycles. The molecule has 1 fully saturated rings. The highest BCUT2D eigenvalue weighted by Gasteiger charge is 2.22. The Bertz CT molecular complexity index is 865. The van der Waals surface area contributed by atoms with Crippen molar-refractivity contribution in [3.05, 3.63) is 53.9 Å². The van der Waals surface area contributed by atoms with Crippen molar-refractivity contribution in [2.45, 2.75) is 32.1 Å². The Morgan fingerprint density at radius 3 is 3.08 bits per heavy atom. The number of rotatable bonds is 3. The van der Waals surface area contributed by atoms with Crippen molar-refractivity contribution in [1.82, 2.24) is 19.9 Å². The van der Waals surface area contributed by atoms with Gasteiger partial charge in [-0.15, -0.1) is 0 Å². The third-order valence-electron chi connectivity index (χ3n) is 4.91. The lowest BCUT2D eigenvalue weighted by molar-refractivity contribution is 0.463. The molecule has 4 nitrogen and oxygen atoms in total. The van der Waals surface area contributed by atoms with Gasteiger partial charge in [0.2, 0.25) is 0 Å². The van der Waals surface area contributed by atoms with Crippen LogP contribution in [0.3, 0.4) is 0 Å². The fraction of sp³-hybridized carbons (Fsp3) is 0.368. The Morgan fingerprint density at radius 1 is 1.38 bits per heavy atom. The Hall–Kier alpha value is -2.27. The third kappa shape index (κ3) is 2.59. The molecular formula is C19H21FN4. The van der Waals surface area contributed by atoms with Crippen molar-refractivity contribution in [2.75, 3.05) is 13.1 Å². The summed E-state index contributed by atoms with van der Waals surface area (Å²) in [5.74, 6) is 0.267. The van der Waals surface area contributed by atoms with Gasteiger partial charge in [-0.1, -0.05) is 6.92 Å². The van der Waals surface area contributed by atoms with Gasteiger partial charge in [-0.05, 0) is 49.6 Å². The van der Waals surface area contributed by atoms with Crippen LogP contribution in [-0.2, 0) is 6.42 Å². The zero-order valence-corrected chi connectivity index (χ0v) is 13.8. The first-order chi connectivity index (χ1) is 11.8. The van der Waals surface area contributed by atoms with Crippen LogP contribution >= 0.6 is 0 Å². The number of nitrogens with zero attached hydrogens (tertiary/aromatic N) is 3. The van der Waals surface area contributed by atoms with Crippen molar-refractivity contribution in [3.63, 3.8) is 0 Å². The summed E-state index contributed by atoms with van der Waals surface area (Å²) in [5, 5.41) is 3.47. The van der Waals surface area contributed by atoms with E-state index in [-0.39, 0.29) is 5.82 Å². The predicted molar refractivity (Wildman–Crippen MR) is 93.0 cm³/mol. The van der Waals surface area contributed by atoms with Gasteiger partial charge in [-0.2, -0.15) is 0 Å². The average Bonchev–Trinajstić information content (AvgIpc) is 3.02. The van der Waals surface area contributed by atoms with Gasteiger partial charge in [-0.25, -0.2) is 14.4 Å². The number of aromatic nitrogens is 3. The highest BCUT2D eigenvalue weighted by atomic mass is 19.1. The maximum absolute atomic E-state index is 13.6. The topological polar surface area (TPSA) is 42.7 Å². The van der Waals surface area contributed by atoms with Crippen LogP contribution in [0.4, 0.5) is 4.39 Å². The third-order valence-corrected chi connectivity index (χ3v) is 4.91. The van der Waals surface area contributed by atoms with Crippen molar-refractivity contribution >= 4 is 11.0 Å². The highest BCUT2D eigenvalue weighted by Crippen LogP contribution is 2.32. The average molecular weight is 324 g/mol. The van der Waals surface area contributed by atoms with Crippen LogP contribution in [0.15, 0.2) is 36.9 Å². The van der Waals surface area contributed by atoms with E-state index in [4.69, 9.17) is 0 Å². The van der Waals surface area contributed by atoms with E-state index in [0.29, 0.717) is 5.92 Å². The van der Waals surface area contributed by atoms with Gasteiger partial charge < -0.3 is 9.88 Å². The van der Waals surface area contributed by atoms with Crippen LogP contribution in [0.1, 0.15) is 36.8 Å². The molecule has 0 radical (unpaired) electrons. The molecule has 1 unspecified atom stereocenters. The van der Waals surface area contributed by atoms with E-state index < -0.39 is 0 Å². The fourth-order valence-corrected chi connectivity index (χ4v) is 3.68. The second-order valence-corrected chi connectivity index (χ2v) is 6.38. The van der Waals surface area contributed by atoms with E-state index in [0.717, 1.165) is 41.8 Å². The number of aryl methyl sites for hydroxylation is 1. The van der Waals surface area contributed by atoms with Crippen LogP contribution in [-0.4, -0.2) is 27.6 Å². The Morgan fingerprint density at radius 2 is 2.29 bits per heavy atom. The van der Waals surface area contributed by atoms with Crippen molar-refractivity contribution in [1.29, 1.82) is 0 Å². The number of fused-ring (bicyclic) bond motifs is 1. The second-order valence-electron chi connectivity index (χ2n) is 6.38. The smallest absolute Gasteiger partial charge is 0.123 e. The van der Waals surface area contributed by atoms with E-state index in [2.05, 4.69) is 26.0 Å². The minimum atomic E-state index is -0.194. The molecule has 1 atom stereocenters. The van der Waals surface area contributed by atoms with E-state index in [1.807, 2.05) is 19.2 Å². The summed E-state index contributed by atoms with van der Waals surface area (Å²) in [5.41, 5.74) is 5.24. The van der Waals surface area contributed by atoms with Gasteiger partial charge in [0.15, 0.2) is 0 Å². The first-order valence-electron chi connectivity index (χ1n) is 8.58. The molecule has 1 aliphatic heterocycles. The van der Waals surface area contributed by atoms with Crippen LogP contribution < -0.4 is 5.32 Å². The van der Waals surface area contributed by atoms with Gasteiger partial charge >= 0.3 is 0 Å². The number of piperidine rings is 1. The van der Waals surface area contributed by atoms with Crippen molar-refractivity contribution < 1.29 is 4.39 Å². The lowest BCUT2D eigenvalue weighted by atomic mass is 9.93. The molecule has 0 amide bonds. The van der Waals surface area contributed by atoms with E-state index in [1.165, 1.54) is 24.5 Å². The van der Waals surface area contributed by atoms with Crippen molar-refractivity contribution in [3.8, 4) is 5.69 Å². The summed E-state index contributed by atoms with van der Waals surface area (Å²) >= 11 is 0. The molecule has 24 heavy (non-hydrogen) atoms. The number of halogens is 1. The lowest BCUT2D eigenvalue weighted by Crippen LogP contribution is -2.28. The van der Waals surface area contributed by atoms with Gasteiger partial charge in [0.05, 0.1) is 17.2 Å². The molecule has 1 N–H and O–H groups in total. The van der Waals surface area contributed by atoms with Gasteiger partial charge in [0.25, 0.3) is 0 Å². The van der Waals surface area contributed by atoms with E-state index in [9.17, 15) is 4.39 Å². The normalized spacial score (nSPS) is 18.2. The quantitative estimate of drug-likeness (QED) is 0.800. The van der Waals surface area contributed by atoms with Gasteiger partial charge in [0, 0.05) is 29.9 Å². The summed E-state index contributed by atoms with van der Waals surface area (Å²) in [7, 11) is 0. The molecule has 3 heterocycles. The summed E-state index contributed by atoms with van der Waals surface area (Å²) in [6.45, 7) is 4.11. The molecule has 0 aliphatic carbocycles. The Balaban J connectivity index is 1.90. The van der Waals surface area contributed by atoms with Gasteiger partial charge in [-0.3, -0.25) is 0 Å². The molecular weight excluding hydrogens is 303 g/mol. The standard InChI is InChI=1S/C19H21FN4/c1-2-13-8-15(20)5-6-17(13)24-11-16(14-4-3-7-21-9-14)19-18(24)10-22-12-23-19/h5-6,8,10-12,14,21H,2-4,7,9H2,1H3. The first-order valence-corrected chi connectivity index (χ1v) is 8.58. The van der Waals surface area contributed by atoms with Crippen LogP contribution in [0.25, 0.3) is 16.7 Å². The summed E-state index contributed by atoms with van der Waals surface area (Å²) in [4.78, 5) is 8.75. The van der Waals surface area contributed by atoms with Crippen LogP contribution in [0.5, 0.6) is 0 Å². The molecule has 2 aromatic heterocycles. The van der Waals surface area contributed by atoms with Gasteiger partial charge in [0.1, 0.15) is 12.1 Å². The van der Waals surface area contributed by atoms with E-state index in [1.54, 1.807) is 12.4 Å². The molecule has 5 heteroatoms. The number of nitrogens with one attached hydrogen (secondary N) is 1. The summed E-state index contributed by atoms with van der Waals surface area (Å²) in [6, 6.07) is 4.99. The SMILES string of the molecule is CCc1cc(F)ccc1-n1cc(C2CCCNC2)c2ncncc21. The minimum absolute atomic E-state index is 0.194. The maximum Gasteiger partial charge on any atom is 0.123 e. The zero-order chi connectivity index (χ0) is 16.5. The molecule has 1 aliphatic rings. The Kier molecular flexibility index (Phi) is 4.02. The Labute approximate surface area is 140 Å². The predicted octanol–water partition coefficient (Wildman–Crippen LogP) is 3.59. The second kappa shape index (κ2) is 6.32. The molecule has 124 valence electrons. The lowest BCUT2D eigenvalue weighted by Gasteiger charge is -2.22. The van der Waals surface area contributed by atoms with Crippen LogP contribution in [0, 0.1) is 5.82 Å².